The summed E-state index contributed by atoms with van der Waals surface area (Å²) in [6.45, 7) is 4.74. The molecule has 0 radical (unpaired) electrons. The zero-order valence-electron chi connectivity index (χ0n) is 15.5. The third-order valence-corrected chi connectivity index (χ3v) is 4.15. The summed E-state index contributed by atoms with van der Waals surface area (Å²) in [5.74, 6) is -0.173. The largest absolute Gasteiger partial charge is 0.460 e. The van der Waals surface area contributed by atoms with Crippen molar-refractivity contribution in [3.05, 3.63) is 23.8 Å². The number of carbonyl (C=O) groups is 1. The van der Waals surface area contributed by atoms with Crippen LogP contribution in [0.3, 0.4) is 0 Å². The van der Waals surface area contributed by atoms with Crippen LogP contribution in [0.1, 0.15) is 26.3 Å². The molecule has 1 aliphatic rings. The van der Waals surface area contributed by atoms with Gasteiger partial charge in [-0.2, -0.15) is 0 Å². The van der Waals surface area contributed by atoms with Crippen molar-refractivity contribution in [1.82, 2.24) is 0 Å². The Hall–Kier alpha value is -1.91. The molecule has 27 heavy (non-hydrogen) atoms. The molecule has 0 amide bonds. The minimum atomic E-state index is -1.54. The second-order valence-electron chi connectivity index (χ2n) is 7.51. The van der Waals surface area contributed by atoms with Crippen LogP contribution in [0.4, 0.5) is 5.69 Å². The number of aliphatic hydroxyl groups is 4. The molecular weight excluding hydrogens is 358 g/mol. The molecule has 1 aromatic rings. The van der Waals surface area contributed by atoms with Crippen LogP contribution >= 0.6 is 0 Å². The van der Waals surface area contributed by atoms with E-state index in [4.69, 9.17) is 19.9 Å². The third kappa shape index (κ3) is 5.08. The highest BCUT2D eigenvalue weighted by atomic mass is 16.7. The first kappa shape index (κ1) is 21.4. The zero-order valence-corrected chi connectivity index (χ0v) is 15.5. The van der Waals surface area contributed by atoms with E-state index in [2.05, 4.69) is 0 Å². The lowest BCUT2D eigenvalue weighted by Crippen LogP contribution is -2.60. The van der Waals surface area contributed by atoms with Crippen LogP contribution in [-0.2, 0) is 20.9 Å². The quantitative estimate of drug-likeness (QED) is 0.335. The molecule has 0 spiro atoms. The predicted molar refractivity (Wildman–Crippen MR) is 94.5 cm³/mol. The van der Waals surface area contributed by atoms with E-state index in [-0.39, 0.29) is 24.0 Å². The van der Waals surface area contributed by atoms with Crippen LogP contribution in [0, 0.1) is 5.41 Å². The summed E-state index contributed by atoms with van der Waals surface area (Å²) in [4.78, 5) is 11.8. The van der Waals surface area contributed by atoms with Gasteiger partial charge in [0.25, 0.3) is 0 Å². The molecule has 1 saturated heterocycles. The van der Waals surface area contributed by atoms with E-state index in [1.807, 2.05) is 0 Å². The summed E-state index contributed by atoms with van der Waals surface area (Å²) in [6.07, 6.45) is -6.95. The Morgan fingerprint density at radius 2 is 1.85 bits per heavy atom. The fourth-order valence-corrected chi connectivity index (χ4v) is 2.45. The number of benzene rings is 1. The van der Waals surface area contributed by atoms with E-state index in [1.165, 1.54) is 6.07 Å². The molecule has 1 heterocycles. The molecule has 2 rings (SSSR count). The Balaban J connectivity index is 2.04. The monoisotopic (exact) mass is 385 g/mol. The Bertz CT molecular complexity index is 657. The van der Waals surface area contributed by atoms with E-state index in [0.29, 0.717) is 5.56 Å². The summed E-state index contributed by atoms with van der Waals surface area (Å²) in [5, 5.41) is 38.8. The van der Waals surface area contributed by atoms with Gasteiger partial charge < -0.3 is 40.4 Å². The van der Waals surface area contributed by atoms with Crippen molar-refractivity contribution in [3.63, 3.8) is 0 Å². The van der Waals surface area contributed by atoms with Gasteiger partial charge in [0.1, 0.15) is 36.8 Å². The second kappa shape index (κ2) is 8.41. The number of nitrogen functional groups attached to an aromatic ring is 1. The van der Waals surface area contributed by atoms with E-state index in [0.717, 1.165) is 0 Å². The summed E-state index contributed by atoms with van der Waals surface area (Å²) in [7, 11) is 0. The Kier molecular flexibility index (Phi) is 6.66. The van der Waals surface area contributed by atoms with Crippen molar-refractivity contribution in [2.45, 2.75) is 58.1 Å². The molecule has 152 valence electrons. The summed E-state index contributed by atoms with van der Waals surface area (Å²) >= 11 is 0. The number of nitrogens with two attached hydrogens (primary N) is 1. The highest BCUT2D eigenvalue weighted by molar-refractivity contribution is 5.75. The van der Waals surface area contributed by atoms with Gasteiger partial charge in [-0.05, 0) is 38.5 Å². The highest BCUT2D eigenvalue weighted by Gasteiger charge is 2.44. The first-order chi connectivity index (χ1) is 12.5. The van der Waals surface area contributed by atoms with Crippen LogP contribution in [-0.4, -0.2) is 63.7 Å². The van der Waals surface area contributed by atoms with Gasteiger partial charge in [0.2, 0.25) is 6.29 Å². The Morgan fingerprint density at radius 1 is 1.19 bits per heavy atom. The normalized spacial score (nSPS) is 28.6. The molecule has 0 unspecified atom stereocenters. The molecule has 1 aliphatic heterocycles. The number of hydrogen-bond donors (Lipinski definition) is 5. The lowest BCUT2D eigenvalue weighted by atomic mass is 9.97. The smallest absolute Gasteiger partial charge is 0.311 e. The van der Waals surface area contributed by atoms with E-state index in [9.17, 15) is 25.2 Å². The van der Waals surface area contributed by atoms with Gasteiger partial charge in [-0.25, -0.2) is 0 Å². The van der Waals surface area contributed by atoms with E-state index in [1.54, 1.807) is 32.9 Å². The number of ether oxygens (including phenoxy) is 3. The van der Waals surface area contributed by atoms with Gasteiger partial charge >= 0.3 is 5.97 Å². The molecule has 1 fully saturated rings. The van der Waals surface area contributed by atoms with Crippen LogP contribution in [0.2, 0.25) is 0 Å². The van der Waals surface area contributed by atoms with Crippen molar-refractivity contribution in [1.29, 1.82) is 0 Å². The fraction of sp³-hybridized carbons (Fsp3) is 0.611. The Morgan fingerprint density at radius 3 is 2.41 bits per heavy atom. The number of esters is 1. The minimum Gasteiger partial charge on any atom is -0.460 e. The molecule has 9 heteroatoms. The average molecular weight is 385 g/mol. The SMILES string of the molecule is CC(C)(C)C(=O)OCc1ccc(O[C@@H]2O[C@H](CO)[C@H](O)[C@H](O)[C@H]2O)c(N)c1. The number of hydrogen-bond acceptors (Lipinski definition) is 9. The standard InChI is InChI=1S/C18H27NO8/c1-18(2,3)17(24)25-8-9-4-5-11(10(19)6-9)26-16-15(23)14(22)13(21)12(7-20)27-16/h4-6,12-16,20-23H,7-8,19H2,1-3H3/t12-,13+,14+,15-,16-/m1/s1. The first-order valence-corrected chi connectivity index (χ1v) is 8.57. The predicted octanol–water partition coefficient (Wildman–Crippen LogP) is -0.463. The maximum atomic E-state index is 11.8. The van der Waals surface area contributed by atoms with Gasteiger partial charge in [-0.1, -0.05) is 6.07 Å². The first-order valence-electron chi connectivity index (χ1n) is 8.57. The maximum absolute atomic E-state index is 11.8. The summed E-state index contributed by atoms with van der Waals surface area (Å²) in [5.41, 5.74) is 6.18. The van der Waals surface area contributed by atoms with Gasteiger partial charge in [-0.3, -0.25) is 4.79 Å². The molecule has 6 N–H and O–H groups in total. The maximum Gasteiger partial charge on any atom is 0.311 e. The van der Waals surface area contributed by atoms with Crippen LogP contribution in [0.15, 0.2) is 18.2 Å². The van der Waals surface area contributed by atoms with Crippen LogP contribution in [0.25, 0.3) is 0 Å². The van der Waals surface area contributed by atoms with Gasteiger partial charge in [0, 0.05) is 0 Å². The van der Waals surface area contributed by atoms with Gasteiger partial charge in [0.05, 0.1) is 17.7 Å². The number of carbonyl (C=O) groups excluding carboxylic acids is 1. The van der Waals surface area contributed by atoms with Crippen molar-refractivity contribution < 1.29 is 39.4 Å². The summed E-state index contributed by atoms with van der Waals surface area (Å²) < 4.78 is 16.0. The average Bonchev–Trinajstić information content (AvgIpc) is 2.61. The molecule has 0 saturated carbocycles. The number of aliphatic hydroxyl groups excluding tert-OH is 4. The lowest BCUT2D eigenvalue weighted by molar-refractivity contribution is -0.277. The molecule has 0 aliphatic carbocycles. The number of anilines is 1. The number of rotatable bonds is 5. The molecule has 1 aromatic carbocycles. The topological polar surface area (TPSA) is 152 Å². The van der Waals surface area contributed by atoms with Crippen molar-refractivity contribution in [3.8, 4) is 5.75 Å². The lowest BCUT2D eigenvalue weighted by Gasteiger charge is -2.39. The van der Waals surface area contributed by atoms with E-state index >= 15 is 0 Å². The van der Waals surface area contributed by atoms with Crippen molar-refractivity contribution >= 4 is 11.7 Å². The second-order valence-corrected chi connectivity index (χ2v) is 7.51. The molecule has 0 bridgehead atoms. The van der Waals surface area contributed by atoms with Crippen molar-refractivity contribution in [2.24, 2.45) is 5.41 Å². The zero-order chi connectivity index (χ0) is 20.4. The van der Waals surface area contributed by atoms with E-state index < -0.39 is 42.7 Å². The Labute approximate surface area is 157 Å². The third-order valence-electron chi connectivity index (χ3n) is 4.15. The molecule has 9 nitrogen and oxygen atoms in total. The van der Waals surface area contributed by atoms with Crippen LogP contribution in [0.5, 0.6) is 5.75 Å². The molecule has 5 atom stereocenters. The fourth-order valence-electron chi connectivity index (χ4n) is 2.45. The molecular formula is C18H27NO8. The van der Waals surface area contributed by atoms with Gasteiger partial charge in [0.15, 0.2) is 0 Å². The van der Waals surface area contributed by atoms with Crippen molar-refractivity contribution in [2.75, 3.05) is 12.3 Å². The molecule has 0 aromatic heterocycles. The summed E-state index contributed by atoms with van der Waals surface area (Å²) in [6, 6.07) is 4.69. The van der Waals surface area contributed by atoms with Gasteiger partial charge in [-0.15, -0.1) is 0 Å². The van der Waals surface area contributed by atoms with Crippen LogP contribution < -0.4 is 10.5 Å². The highest BCUT2D eigenvalue weighted by Crippen LogP contribution is 2.29. The minimum absolute atomic E-state index is 0.0423.